The fraction of sp³-hybridized carbons (Fsp3) is 0.385. The van der Waals surface area contributed by atoms with Gasteiger partial charge in [0.15, 0.2) is 0 Å². The zero-order valence-electron chi connectivity index (χ0n) is 20.7. The van der Waals surface area contributed by atoms with Crippen molar-refractivity contribution in [1.29, 1.82) is 0 Å². The average molecular weight is 529 g/mol. The minimum absolute atomic E-state index is 0.192. The zero-order valence-corrected chi connectivity index (χ0v) is 21.6. The van der Waals surface area contributed by atoms with Crippen molar-refractivity contribution in [3.05, 3.63) is 54.1 Å². The summed E-state index contributed by atoms with van der Waals surface area (Å²) in [7, 11) is -2.27. The quantitative estimate of drug-likeness (QED) is 0.469. The Morgan fingerprint density at radius 2 is 2.05 bits per heavy atom. The SMILES string of the molecule is CCOC(=O)[C@@H]1CCCN1S(=O)(=O)N1CC=C(c2cc3c(-c4cc(F)ccc4OC)ccnc3[nH]2)CC1. The van der Waals surface area contributed by atoms with E-state index in [-0.39, 0.29) is 25.5 Å². The third kappa shape index (κ3) is 4.74. The number of fused-ring (bicyclic) bond motifs is 1. The summed E-state index contributed by atoms with van der Waals surface area (Å²) in [5.41, 5.74) is 3.84. The number of carbonyl (C=O) groups excluding carboxylic acids is 1. The molecular formula is C26H29FN4O5S. The van der Waals surface area contributed by atoms with Crippen LogP contribution in [0.25, 0.3) is 27.7 Å². The van der Waals surface area contributed by atoms with E-state index in [4.69, 9.17) is 9.47 Å². The van der Waals surface area contributed by atoms with E-state index in [2.05, 4.69) is 9.97 Å². The van der Waals surface area contributed by atoms with Gasteiger partial charge >= 0.3 is 5.97 Å². The van der Waals surface area contributed by atoms with E-state index in [9.17, 15) is 17.6 Å². The largest absolute Gasteiger partial charge is 0.496 e. The van der Waals surface area contributed by atoms with Gasteiger partial charge in [0.05, 0.1) is 13.7 Å². The van der Waals surface area contributed by atoms with Gasteiger partial charge in [0, 0.05) is 42.5 Å². The van der Waals surface area contributed by atoms with Crippen molar-refractivity contribution in [3.63, 3.8) is 0 Å². The molecule has 2 aromatic heterocycles. The highest BCUT2D eigenvalue weighted by Gasteiger charge is 2.42. The molecule has 5 rings (SSSR count). The number of halogens is 1. The average Bonchev–Trinajstić information content (AvgIpc) is 3.57. The number of benzene rings is 1. The second-order valence-electron chi connectivity index (χ2n) is 9.01. The molecule has 0 amide bonds. The number of methoxy groups -OCH3 is 1. The zero-order chi connectivity index (χ0) is 26.2. The molecule has 1 aromatic carbocycles. The fourth-order valence-electron chi connectivity index (χ4n) is 5.07. The van der Waals surface area contributed by atoms with E-state index in [1.54, 1.807) is 26.3 Å². The van der Waals surface area contributed by atoms with Crippen molar-refractivity contribution in [2.75, 3.05) is 33.4 Å². The van der Waals surface area contributed by atoms with Crippen LogP contribution in [0.1, 0.15) is 31.9 Å². The third-order valence-electron chi connectivity index (χ3n) is 6.89. The molecule has 1 saturated heterocycles. The van der Waals surface area contributed by atoms with Gasteiger partial charge in [0.2, 0.25) is 0 Å². The monoisotopic (exact) mass is 528 g/mol. The molecule has 0 radical (unpaired) electrons. The molecule has 11 heteroatoms. The smallest absolute Gasteiger partial charge is 0.324 e. The van der Waals surface area contributed by atoms with E-state index in [0.29, 0.717) is 42.8 Å². The molecule has 3 aromatic rings. The van der Waals surface area contributed by atoms with E-state index in [1.807, 2.05) is 18.2 Å². The van der Waals surface area contributed by atoms with Crippen molar-refractivity contribution in [2.45, 2.75) is 32.2 Å². The molecular weight excluding hydrogens is 499 g/mol. The summed E-state index contributed by atoms with van der Waals surface area (Å²) < 4.78 is 53.9. The summed E-state index contributed by atoms with van der Waals surface area (Å²) in [6, 6.07) is 7.38. The molecule has 0 saturated carbocycles. The number of carbonyl (C=O) groups is 1. The molecule has 196 valence electrons. The lowest BCUT2D eigenvalue weighted by molar-refractivity contribution is -0.146. The Labute approximate surface area is 215 Å². The Morgan fingerprint density at radius 3 is 2.78 bits per heavy atom. The number of pyridine rings is 1. The summed E-state index contributed by atoms with van der Waals surface area (Å²) in [5, 5.41) is 0.812. The first-order chi connectivity index (χ1) is 17.8. The van der Waals surface area contributed by atoms with Gasteiger partial charge in [-0.2, -0.15) is 17.0 Å². The molecule has 0 unspecified atom stereocenters. The molecule has 1 fully saturated rings. The molecule has 0 bridgehead atoms. The Kier molecular flexibility index (Phi) is 7.02. The lowest BCUT2D eigenvalue weighted by atomic mass is 10.0. The predicted molar refractivity (Wildman–Crippen MR) is 137 cm³/mol. The van der Waals surface area contributed by atoms with E-state index < -0.39 is 22.2 Å². The van der Waals surface area contributed by atoms with Crippen LogP contribution in [0.15, 0.2) is 42.6 Å². The van der Waals surface area contributed by atoms with Gasteiger partial charge in [0.1, 0.15) is 23.3 Å². The maximum absolute atomic E-state index is 14.0. The number of nitrogens with zero attached hydrogens (tertiary/aromatic N) is 3. The van der Waals surface area contributed by atoms with E-state index >= 15 is 0 Å². The number of rotatable bonds is 7. The summed E-state index contributed by atoms with van der Waals surface area (Å²) in [6.45, 7) is 2.70. The highest BCUT2D eigenvalue weighted by Crippen LogP contribution is 2.37. The number of ether oxygens (including phenoxy) is 2. The summed E-state index contributed by atoms with van der Waals surface area (Å²) in [6.07, 6.45) is 5.11. The van der Waals surface area contributed by atoms with Crippen LogP contribution >= 0.6 is 0 Å². The minimum Gasteiger partial charge on any atom is -0.496 e. The Bertz CT molecular complexity index is 1470. The van der Waals surface area contributed by atoms with Crippen molar-refractivity contribution < 1.29 is 27.1 Å². The number of hydrogen-bond acceptors (Lipinski definition) is 6. The molecule has 4 heterocycles. The molecule has 9 nitrogen and oxygen atoms in total. The van der Waals surface area contributed by atoms with Crippen LogP contribution in [0.2, 0.25) is 0 Å². The summed E-state index contributed by atoms with van der Waals surface area (Å²) in [4.78, 5) is 20.1. The second-order valence-corrected chi connectivity index (χ2v) is 10.9. The standard InChI is InChI=1S/C26H29FN4O5S/c1-3-36-26(32)23-5-4-12-31(23)37(33,34)30-13-9-17(10-14-30)22-16-21-19(8-11-28-25(21)29-22)20-15-18(27)6-7-24(20)35-2/h6-9,11,15-16,23H,3-5,10,12-14H2,1-2H3,(H,28,29)/t23-/m0/s1. The van der Waals surface area contributed by atoms with Crippen molar-refractivity contribution in [2.24, 2.45) is 0 Å². The molecule has 1 atom stereocenters. The molecule has 2 aliphatic heterocycles. The van der Waals surface area contributed by atoms with Crippen LogP contribution in [0.5, 0.6) is 5.75 Å². The highest BCUT2D eigenvalue weighted by atomic mass is 32.2. The summed E-state index contributed by atoms with van der Waals surface area (Å²) >= 11 is 0. The van der Waals surface area contributed by atoms with Gasteiger partial charge in [-0.1, -0.05) is 6.08 Å². The predicted octanol–water partition coefficient (Wildman–Crippen LogP) is 3.74. The first-order valence-corrected chi connectivity index (χ1v) is 13.7. The van der Waals surface area contributed by atoms with Gasteiger partial charge < -0.3 is 14.5 Å². The first kappa shape index (κ1) is 25.4. The van der Waals surface area contributed by atoms with Crippen LogP contribution in [-0.4, -0.2) is 72.4 Å². The fourth-order valence-corrected chi connectivity index (χ4v) is 6.82. The lowest BCUT2D eigenvalue weighted by Crippen LogP contribution is -2.49. The highest BCUT2D eigenvalue weighted by molar-refractivity contribution is 7.86. The number of hydrogen-bond donors (Lipinski definition) is 1. The van der Waals surface area contributed by atoms with Crippen molar-refractivity contribution in [1.82, 2.24) is 18.6 Å². The Hall–Kier alpha value is -3.28. The van der Waals surface area contributed by atoms with Crippen LogP contribution in [0.3, 0.4) is 0 Å². The van der Waals surface area contributed by atoms with E-state index in [1.165, 1.54) is 20.7 Å². The molecule has 2 aliphatic rings. The molecule has 37 heavy (non-hydrogen) atoms. The number of esters is 1. The van der Waals surface area contributed by atoms with Crippen LogP contribution < -0.4 is 4.74 Å². The topological polar surface area (TPSA) is 105 Å². The maximum atomic E-state index is 14.0. The molecule has 0 aliphatic carbocycles. The second kappa shape index (κ2) is 10.2. The maximum Gasteiger partial charge on any atom is 0.324 e. The third-order valence-corrected chi connectivity index (χ3v) is 8.90. The number of aromatic amines is 1. The number of nitrogens with one attached hydrogen (secondary N) is 1. The molecule has 1 N–H and O–H groups in total. The normalized spacial score (nSPS) is 19.2. The minimum atomic E-state index is -3.81. The Morgan fingerprint density at radius 1 is 1.22 bits per heavy atom. The Balaban J connectivity index is 1.40. The van der Waals surface area contributed by atoms with Gasteiger partial charge in [-0.3, -0.25) is 4.79 Å². The van der Waals surface area contributed by atoms with Crippen LogP contribution in [-0.2, 0) is 19.7 Å². The van der Waals surface area contributed by atoms with Crippen LogP contribution in [0, 0.1) is 5.82 Å². The first-order valence-electron chi connectivity index (χ1n) is 12.3. The van der Waals surface area contributed by atoms with Gasteiger partial charge in [0.25, 0.3) is 10.2 Å². The van der Waals surface area contributed by atoms with Crippen molar-refractivity contribution >= 4 is 32.8 Å². The lowest BCUT2D eigenvalue weighted by Gasteiger charge is -2.31. The molecule has 0 spiro atoms. The van der Waals surface area contributed by atoms with Gasteiger partial charge in [-0.05, 0) is 67.7 Å². The van der Waals surface area contributed by atoms with Gasteiger partial charge in [-0.15, -0.1) is 0 Å². The van der Waals surface area contributed by atoms with E-state index in [0.717, 1.165) is 22.2 Å². The number of aromatic nitrogens is 2. The van der Waals surface area contributed by atoms with Crippen LogP contribution in [0.4, 0.5) is 4.39 Å². The van der Waals surface area contributed by atoms with Crippen molar-refractivity contribution in [3.8, 4) is 16.9 Å². The van der Waals surface area contributed by atoms with Gasteiger partial charge in [-0.25, -0.2) is 9.37 Å². The summed E-state index contributed by atoms with van der Waals surface area (Å²) in [5.74, 6) is -0.304. The number of H-pyrrole nitrogens is 1.